The maximum Gasteiger partial charge on any atom is 0.261 e. The Kier molecular flexibility index (Phi) is 6.29. The monoisotopic (exact) mass is 381 g/mol. The number of anilines is 1. The van der Waals surface area contributed by atoms with Crippen molar-refractivity contribution < 1.29 is 14.3 Å². The summed E-state index contributed by atoms with van der Waals surface area (Å²) in [4.78, 5) is 29.5. The first kappa shape index (κ1) is 19.9. The number of carbonyl (C=O) groups excluding carboxylic acids is 2. The van der Waals surface area contributed by atoms with Crippen molar-refractivity contribution >= 4 is 17.5 Å². The smallest absolute Gasteiger partial charge is 0.261 e. The maximum absolute atomic E-state index is 12.8. The summed E-state index contributed by atoms with van der Waals surface area (Å²) in [6.07, 6.45) is 3.19. The summed E-state index contributed by atoms with van der Waals surface area (Å²) in [5, 5.41) is 5.85. The Morgan fingerprint density at radius 2 is 1.93 bits per heavy atom. The van der Waals surface area contributed by atoms with Crippen molar-refractivity contribution in [2.45, 2.75) is 40.0 Å². The van der Waals surface area contributed by atoms with E-state index in [0.29, 0.717) is 41.8 Å². The molecule has 1 heterocycles. The number of aromatic nitrogens is 1. The summed E-state index contributed by atoms with van der Waals surface area (Å²) < 4.78 is 5.64. The molecule has 6 heteroatoms. The number of aryl methyl sites for hydroxylation is 2. The molecule has 0 unspecified atom stereocenters. The van der Waals surface area contributed by atoms with Gasteiger partial charge in [-0.15, -0.1) is 0 Å². The Labute approximate surface area is 165 Å². The van der Waals surface area contributed by atoms with Crippen LogP contribution in [0.15, 0.2) is 30.3 Å². The van der Waals surface area contributed by atoms with Gasteiger partial charge in [0.05, 0.1) is 6.61 Å². The van der Waals surface area contributed by atoms with Crippen molar-refractivity contribution in [2.75, 3.05) is 18.5 Å². The summed E-state index contributed by atoms with van der Waals surface area (Å²) in [7, 11) is 0. The van der Waals surface area contributed by atoms with E-state index in [1.807, 2.05) is 26.8 Å². The van der Waals surface area contributed by atoms with Crippen molar-refractivity contribution in [3.05, 3.63) is 52.7 Å². The Hall–Kier alpha value is -2.89. The van der Waals surface area contributed by atoms with Gasteiger partial charge in [-0.05, 0) is 68.9 Å². The van der Waals surface area contributed by atoms with E-state index in [-0.39, 0.29) is 11.8 Å². The topological polar surface area (TPSA) is 80.3 Å². The van der Waals surface area contributed by atoms with Crippen LogP contribution in [0.3, 0.4) is 0 Å². The van der Waals surface area contributed by atoms with Gasteiger partial charge in [0.15, 0.2) is 0 Å². The predicted molar refractivity (Wildman–Crippen MR) is 109 cm³/mol. The second kappa shape index (κ2) is 8.87. The van der Waals surface area contributed by atoms with E-state index in [1.165, 1.54) is 12.8 Å². The zero-order chi connectivity index (χ0) is 20.1. The summed E-state index contributed by atoms with van der Waals surface area (Å²) in [6.45, 7) is 6.95. The van der Waals surface area contributed by atoms with Gasteiger partial charge in [-0.3, -0.25) is 9.59 Å². The highest BCUT2D eigenvalue weighted by Gasteiger charge is 2.22. The highest BCUT2D eigenvalue weighted by Crippen LogP contribution is 2.28. The van der Waals surface area contributed by atoms with Crippen LogP contribution in [-0.2, 0) is 0 Å². The Balaban J connectivity index is 1.76. The molecule has 0 atom stereocenters. The Bertz CT molecular complexity index is 875. The molecule has 2 amide bonds. The van der Waals surface area contributed by atoms with Crippen LogP contribution in [-0.4, -0.2) is 29.9 Å². The van der Waals surface area contributed by atoms with E-state index in [9.17, 15) is 9.59 Å². The first-order valence-electron chi connectivity index (χ1n) is 9.78. The maximum atomic E-state index is 12.8. The number of nitrogens with zero attached hydrogens (tertiary/aromatic N) is 1. The van der Waals surface area contributed by atoms with E-state index >= 15 is 0 Å². The van der Waals surface area contributed by atoms with E-state index in [4.69, 9.17) is 4.74 Å². The van der Waals surface area contributed by atoms with Crippen LogP contribution < -0.4 is 15.4 Å². The SMILES string of the molecule is CCCOc1nc(C)ccc1C(=O)Nc1cc(C(=O)NCC2CC2)ccc1C. The lowest BCUT2D eigenvalue weighted by Crippen LogP contribution is -2.25. The third-order valence-corrected chi connectivity index (χ3v) is 4.68. The molecule has 0 spiro atoms. The molecule has 2 N–H and O–H groups in total. The van der Waals surface area contributed by atoms with Gasteiger partial charge in [0, 0.05) is 23.5 Å². The summed E-state index contributed by atoms with van der Waals surface area (Å²) >= 11 is 0. The second-order valence-electron chi connectivity index (χ2n) is 7.29. The number of benzene rings is 1. The normalized spacial score (nSPS) is 13.1. The van der Waals surface area contributed by atoms with E-state index < -0.39 is 0 Å². The number of hydrogen-bond donors (Lipinski definition) is 2. The minimum absolute atomic E-state index is 0.119. The molecule has 28 heavy (non-hydrogen) atoms. The van der Waals surface area contributed by atoms with Crippen LogP contribution >= 0.6 is 0 Å². The molecule has 1 aliphatic carbocycles. The average Bonchev–Trinajstić information content (AvgIpc) is 3.50. The van der Waals surface area contributed by atoms with Crippen LogP contribution in [0.2, 0.25) is 0 Å². The van der Waals surface area contributed by atoms with Crippen LogP contribution in [0.4, 0.5) is 5.69 Å². The quantitative estimate of drug-likeness (QED) is 0.727. The van der Waals surface area contributed by atoms with Crippen molar-refractivity contribution in [3.8, 4) is 5.88 Å². The molecular weight excluding hydrogens is 354 g/mol. The first-order valence-corrected chi connectivity index (χ1v) is 9.78. The van der Waals surface area contributed by atoms with Crippen LogP contribution in [0.5, 0.6) is 5.88 Å². The third kappa shape index (κ3) is 5.09. The molecule has 1 aliphatic rings. The lowest BCUT2D eigenvalue weighted by atomic mass is 10.1. The average molecular weight is 381 g/mol. The fraction of sp³-hybridized carbons (Fsp3) is 0.409. The zero-order valence-corrected chi connectivity index (χ0v) is 16.7. The highest BCUT2D eigenvalue weighted by molar-refractivity contribution is 6.07. The molecule has 0 aliphatic heterocycles. The van der Waals surface area contributed by atoms with Crippen molar-refractivity contribution in [1.29, 1.82) is 0 Å². The lowest BCUT2D eigenvalue weighted by Gasteiger charge is -2.13. The number of hydrogen-bond acceptors (Lipinski definition) is 4. The molecule has 6 nitrogen and oxygen atoms in total. The molecule has 0 bridgehead atoms. The van der Waals surface area contributed by atoms with Crippen molar-refractivity contribution in [2.24, 2.45) is 5.92 Å². The molecule has 1 fully saturated rings. The summed E-state index contributed by atoms with van der Waals surface area (Å²) in [5.41, 5.74) is 3.18. The van der Waals surface area contributed by atoms with Crippen molar-refractivity contribution in [1.82, 2.24) is 10.3 Å². The van der Waals surface area contributed by atoms with E-state index in [2.05, 4.69) is 15.6 Å². The van der Waals surface area contributed by atoms with Gasteiger partial charge in [0.25, 0.3) is 11.8 Å². The minimum Gasteiger partial charge on any atom is -0.477 e. The summed E-state index contributed by atoms with van der Waals surface area (Å²) in [5.74, 6) is 0.517. The predicted octanol–water partition coefficient (Wildman–Crippen LogP) is 3.88. The van der Waals surface area contributed by atoms with Crippen LogP contribution in [0.1, 0.15) is 58.2 Å². The molecule has 3 rings (SSSR count). The molecule has 0 radical (unpaired) electrons. The molecular formula is C22H27N3O3. The van der Waals surface area contributed by atoms with Crippen LogP contribution in [0.25, 0.3) is 0 Å². The summed E-state index contributed by atoms with van der Waals surface area (Å²) in [6, 6.07) is 8.82. The third-order valence-electron chi connectivity index (χ3n) is 4.68. The number of nitrogens with one attached hydrogen (secondary N) is 2. The molecule has 2 aromatic rings. The van der Waals surface area contributed by atoms with Crippen LogP contribution in [0, 0.1) is 19.8 Å². The second-order valence-corrected chi connectivity index (χ2v) is 7.29. The molecule has 148 valence electrons. The van der Waals surface area contributed by atoms with Gasteiger partial charge < -0.3 is 15.4 Å². The van der Waals surface area contributed by atoms with Gasteiger partial charge in [0.1, 0.15) is 5.56 Å². The van der Waals surface area contributed by atoms with E-state index in [0.717, 1.165) is 17.7 Å². The zero-order valence-electron chi connectivity index (χ0n) is 16.7. The molecule has 1 saturated carbocycles. The standard InChI is InChI=1S/C22H27N3O3/c1-4-11-28-22-18(10-6-15(3)24-22)21(27)25-19-12-17(9-5-14(19)2)20(26)23-13-16-7-8-16/h5-6,9-10,12,16H,4,7-8,11,13H2,1-3H3,(H,23,26)(H,25,27). The number of ether oxygens (including phenoxy) is 1. The number of amides is 2. The lowest BCUT2D eigenvalue weighted by molar-refractivity contribution is 0.0950. The van der Waals surface area contributed by atoms with Gasteiger partial charge in [0.2, 0.25) is 5.88 Å². The molecule has 1 aromatic heterocycles. The first-order chi connectivity index (χ1) is 13.5. The Morgan fingerprint density at radius 1 is 1.14 bits per heavy atom. The number of pyridine rings is 1. The van der Waals surface area contributed by atoms with Gasteiger partial charge in [-0.25, -0.2) is 4.98 Å². The fourth-order valence-electron chi connectivity index (χ4n) is 2.76. The molecule has 1 aromatic carbocycles. The molecule has 0 saturated heterocycles. The Morgan fingerprint density at radius 3 is 2.64 bits per heavy atom. The van der Waals surface area contributed by atoms with Gasteiger partial charge in [-0.2, -0.15) is 0 Å². The van der Waals surface area contributed by atoms with Gasteiger partial charge in [-0.1, -0.05) is 13.0 Å². The fourth-order valence-corrected chi connectivity index (χ4v) is 2.76. The number of carbonyl (C=O) groups is 2. The number of rotatable bonds is 8. The van der Waals surface area contributed by atoms with Crippen molar-refractivity contribution in [3.63, 3.8) is 0 Å². The minimum atomic E-state index is -0.308. The van der Waals surface area contributed by atoms with Gasteiger partial charge >= 0.3 is 0 Å². The highest BCUT2D eigenvalue weighted by atomic mass is 16.5. The largest absolute Gasteiger partial charge is 0.477 e. The van der Waals surface area contributed by atoms with E-state index in [1.54, 1.807) is 24.3 Å².